The Morgan fingerprint density at radius 3 is 2.67 bits per heavy atom. The van der Waals surface area contributed by atoms with Crippen molar-refractivity contribution in [2.75, 3.05) is 5.32 Å². The minimum absolute atomic E-state index is 0.0538. The van der Waals surface area contributed by atoms with E-state index in [1.165, 1.54) is 0 Å². The summed E-state index contributed by atoms with van der Waals surface area (Å²) in [5, 5.41) is 7.09. The first-order valence-corrected chi connectivity index (χ1v) is 6.63. The standard InChI is InChI=1S/C14H18N4O3/c1-14(2,3)8-4-5-15-10(6-8)17-11(19)7-9-12(20)18-13(21)16-9/h4-6,9H,7H2,1-3H3,(H,15,17,19)(H2,16,18,20,21). The lowest BCUT2D eigenvalue weighted by Gasteiger charge is -2.19. The molecule has 0 aliphatic carbocycles. The van der Waals surface area contributed by atoms with E-state index in [1.54, 1.807) is 12.3 Å². The van der Waals surface area contributed by atoms with E-state index < -0.39 is 18.0 Å². The lowest BCUT2D eigenvalue weighted by Crippen LogP contribution is -2.33. The van der Waals surface area contributed by atoms with Gasteiger partial charge < -0.3 is 10.6 Å². The summed E-state index contributed by atoms with van der Waals surface area (Å²) in [7, 11) is 0. The number of carbonyl (C=O) groups excluding carboxylic acids is 3. The summed E-state index contributed by atoms with van der Waals surface area (Å²) in [4.78, 5) is 38.3. The first-order valence-electron chi connectivity index (χ1n) is 6.63. The topological polar surface area (TPSA) is 100 Å². The van der Waals surface area contributed by atoms with Crippen molar-refractivity contribution in [1.29, 1.82) is 0 Å². The van der Waals surface area contributed by atoms with Crippen LogP contribution in [-0.2, 0) is 15.0 Å². The highest BCUT2D eigenvalue weighted by Crippen LogP contribution is 2.23. The van der Waals surface area contributed by atoms with Gasteiger partial charge in [0.25, 0.3) is 5.91 Å². The molecule has 1 unspecified atom stereocenters. The van der Waals surface area contributed by atoms with Crippen molar-refractivity contribution >= 4 is 23.7 Å². The first kappa shape index (κ1) is 15.0. The Hall–Kier alpha value is -2.44. The Bertz CT molecular complexity index is 592. The molecule has 1 saturated heterocycles. The van der Waals surface area contributed by atoms with Gasteiger partial charge in [-0.2, -0.15) is 0 Å². The summed E-state index contributed by atoms with van der Waals surface area (Å²) >= 11 is 0. The van der Waals surface area contributed by atoms with Crippen molar-refractivity contribution in [2.45, 2.75) is 38.6 Å². The molecule has 0 spiro atoms. The average molecular weight is 290 g/mol. The Labute approximate surface area is 122 Å². The van der Waals surface area contributed by atoms with Crippen molar-refractivity contribution in [3.8, 4) is 0 Å². The molecular weight excluding hydrogens is 272 g/mol. The molecule has 1 aromatic rings. The molecule has 21 heavy (non-hydrogen) atoms. The molecular formula is C14H18N4O3. The summed E-state index contributed by atoms with van der Waals surface area (Å²) in [5.41, 5.74) is 0.988. The Kier molecular flexibility index (Phi) is 3.93. The quantitative estimate of drug-likeness (QED) is 0.720. The number of hydrogen-bond acceptors (Lipinski definition) is 4. The molecule has 7 nitrogen and oxygen atoms in total. The van der Waals surface area contributed by atoms with E-state index in [4.69, 9.17) is 0 Å². The molecule has 0 bridgehead atoms. The highest BCUT2D eigenvalue weighted by atomic mass is 16.2. The predicted octanol–water partition coefficient (Wildman–Crippen LogP) is 0.916. The first-order chi connectivity index (χ1) is 9.75. The highest BCUT2D eigenvalue weighted by molar-refractivity contribution is 6.06. The van der Waals surface area contributed by atoms with Gasteiger partial charge in [-0.3, -0.25) is 14.9 Å². The van der Waals surface area contributed by atoms with Crippen LogP contribution >= 0.6 is 0 Å². The molecule has 1 aromatic heterocycles. The van der Waals surface area contributed by atoms with Crippen LogP contribution in [0.1, 0.15) is 32.8 Å². The molecule has 4 amide bonds. The number of amides is 4. The molecule has 112 valence electrons. The van der Waals surface area contributed by atoms with Crippen molar-refractivity contribution in [1.82, 2.24) is 15.6 Å². The summed E-state index contributed by atoms with van der Waals surface area (Å²) in [5.74, 6) is -0.445. The van der Waals surface area contributed by atoms with Crippen LogP contribution < -0.4 is 16.0 Å². The van der Waals surface area contributed by atoms with Crippen LogP contribution in [-0.4, -0.2) is 28.9 Å². The van der Waals surface area contributed by atoms with Gasteiger partial charge in [-0.05, 0) is 23.1 Å². The highest BCUT2D eigenvalue weighted by Gasteiger charge is 2.31. The van der Waals surface area contributed by atoms with Gasteiger partial charge in [-0.15, -0.1) is 0 Å². The number of urea groups is 1. The molecule has 1 atom stereocenters. The van der Waals surface area contributed by atoms with E-state index in [1.807, 2.05) is 6.07 Å². The SMILES string of the molecule is CC(C)(C)c1ccnc(NC(=O)CC2NC(=O)NC2=O)c1. The van der Waals surface area contributed by atoms with Crippen molar-refractivity contribution < 1.29 is 14.4 Å². The second-order valence-electron chi connectivity index (χ2n) is 5.95. The maximum Gasteiger partial charge on any atom is 0.322 e. The van der Waals surface area contributed by atoms with Gasteiger partial charge in [0.05, 0.1) is 6.42 Å². The molecule has 2 rings (SSSR count). The van der Waals surface area contributed by atoms with Crippen LogP contribution in [0.4, 0.5) is 10.6 Å². The van der Waals surface area contributed by atoms with Crippen molar-refractivity contribution in [3.63, 3.8) is 0 Å². The van der Waals surface area contributed by atoms with Crippen LogP contribution in [0.25, 0.3) is 0 Å². The Balaban J connectivity index is 2.00. The zero-order valence-electron chi connectivity index (χ0n) is 12.2. The summed E-state index contributed by atoms with van der Waals surface area (Å²) in [6.45, 7) is 6.19. The normalized spacial score (nSPS) is 18.1. The van der Waals surface area contributed by atoms with E-state index in [0.29, 0.717) is 5.82 Å². The van der Waals surface area contributed by atoms with Gasteiger partial charge in [0.15, 0.2) is 0 Å². The van der Waals surface area contributed by atoms with Crippen LogP contribution in [0.5, 0.6) is 0 Å². The van der Waals surface area contributed by atoms with Crippen molar-refractivity contribution in [3.05, 3.63) is 23.9 Å². The molecule has 1 fully saturated rings. The number of nitrogens with zero attached hydrogens (tertiary/aromatic N) is 1. The maximum atomic E-state index is 11.9. The molecule has 7 heteroatoms. The molecule has 3 N–H and O–H groups in total. The number of carbonyl (C=O) groups is 3. The fourth-order valence-electron chi connectivity index (χ4n) is 1.95. The van der Waals surface area contributed by atoms with Gasteiger partial charge in [0.1, 0.15) is 11.9 Å². The lowest BCUT2D eigenvalue weighted by molar-refractivity contribution is -0.124. The second kappa shape index (κ2) is 5.51. The molecule has 1 aliphatic heterocycles. The largest absolute Gasteiger partial charge is 0.325 e. The number of pyridine rings is 1. The fraction of sp³-hybridized carbons (Fsp3) is 0.429. The van der Waals surface area contributed by atoms with E-state index in [9.17, 15) is 14.4 Å². The number of hydrogen-bond donors (Lipinski definition) is 3. The third-order valence-corrected chi connectivity index (χ3v) is 3.14. The Morgan fingerprint density at radius 1 is 1.38 bits per heavy atom. The molecule has 0 saturated carbocycles. The minimum atomic E-state index is -0.830. The number of imide groups is 1. The third-order valence-electron chi connectivity index (χ3n) is 3.14. The molecule has 2 heterocycles. The molecule has 1 aliphatic rings. The van der Waals surface area contributed by atoms with Gasteiger partial charge in [-0.25, -0.2) is 9.78 Å². The fourth-order valence-corrected chi connectivity index (χ4v) is 1.95. The number of rotatable bonds is 3. The van der Waals surface area contributed by atoms with Gasteiger partial charge in [0.2, 0.25) is 5.91 Å². The van der Waals surface area contributed by atoms with Gasteiger partial charge >= 0.3 is 6.03 Å². The number of nitrogens with one attached hydrogen (secondary N) is 3. The average Bonchev–Trinajstić information content (AvgIpc) is 2.67. The van der Waals surface area contributed by atoms with E-state index in [-0.39, 0.29) is 17.7 Å². The predicted molar refractivity (Wildman–Crippen MR) is 76.6 cm³/mol. The van der Waals surface area contributed by atoms with E-state index in [0.717, 1.165) is 5.56 Å². The lowest BCUT2D eigenvalue weighted by atomic mass is 9.88. The minimum Gasteiger partial charge on any atom is -0.325 e. The Morgan fingerprint density at radius 2 is 2.10 bits per heavy atom. The maximum absolute atomic E-state index is 11.9. The monoisotopic (exact) mass is 290 g/mol. The molecule has 0 aromatic carbocycles. The van der Waals surface area contributed by atoms with Crippen LogP contribution in [0.2, 0.25) is 0 Å². The van der Waals surface area contributed by atoms with Crippen molar-refractivity contribution in [2.24, 2.45) is 0 Å². The second-order valence-corrected chi connectivity index (χ2v) is 5.95. The smallest absolute Gasteiger partial charge is 0.322 e. The van der Waals surface area contributed by atoms with Crippen LogP contribution in [0.15, 0.2) is 18.3 Å². The van der Waals surface area contributed by atoms with E-state index in [2.05, 4.69) is 41.7 Å². The van der Waals surface area contributed by atoms with E-state index >= 15 is 0 Å². The zero-order chi connectivity index (χ0) is 15.6. The van der Waals surface area contributed by atoms with Gasteiger partial charge in [-0.1, -0.05) is 20.8 Å². The summed E-state index contributed by atoms with van der Waals surface area (Å²) < 4.78 is 0. The third kappa shape index (κ3) is 3.77. The zero-order valence-corrected chi connectivity index (χ0v) is 12.2. The van der Waals surface area contributed by atoms with Crippen LogP contribution in [0.3, 0.4) is 0 Å². The number of aromatic nitrogens is 1. The summed E-state index contributed by atoms with van der Waals surface area (Å²) in [6.07, 6.45) is 1.50. The summed E-state index contributed by atoms with van der Waals surface area (Å²) in [6, 6.07) is 2.28. The number of anilines is 1. The molecule has 0 radical (unpaired) electrons. The van der Waals surface area contributed by atoms with Crippen LogP contribution in [0, 0.1) is 0 Å². The van der Waals surface area contributed by atoms with Gasteiger partial charge in [0, 0.05) is 6.20 Å².